The van der Waals surface area contributed by atoms with Crippen molar-refractivity contribution in [2.45, 2.75) is 44.1 Å². The van der Waals surface area contributed by atoms with Crippen molar-refractivity contribution in [2.75, 3.05) is 47.1 Å². The van der Waals surface area contributed by atoms with Crippen molar-refractivity contribution < 1.29 is 24.2 Å². The van der Waals surface area contributed by atoms with Crippen molar-refractivity contribution >= 4 is 22.7 Å². The molecular weight excluding hydrogens is 422 g/mol. The van der Waals surface area contributed by atoms with Gasteiger partial charge in [0.25, 0.3) is 0 Å². The summed E-state index contributed by atoms with van der Waals surface area (Å²) < 4.78 is 12.7. The molecule has 2 amide bonds. The van der Waals surface area contributed by atoms with Crippen LogP contribution in [-0.2, 0) is 26.8 Å². The predicted molar refractivity (Wildman–Crippen MR) is 125 cm³/mol. The average molecular weight is 458 g/mol. The largest absolute Gasteiger partial charge is 0.497 e. The highest BCUT2D eigenvalue weighted by Gasteiger charge is 2.49. The van der Waals surface area contributed by atoms with Gasteiger partial charge >= 0.3 is 0 Å². The number of fused-ring (bicyclic) bond motifs is 4. The summed E-state index contributed by atoms with van der Waals surface area (Å²) in [5.41, 5.74) is 2.89. The highest BCUT2D eigenvalue weighted by molar-refractivity contribution is 5.90. The third-order valence-corrected chi connectivity index (χ3v) is 7.45. The molecule has 2 aliphatic heterocycles. The van der Waals surface area contributed by atoms with Crippen molar-refractivity contribution in [3.8, 4) is 5.75 Å². The molecule has 8 nitrogen and oxygen atoms in total. The molecule has 0 unspecified atom stereocenters. The topological polar surface area (TPSA) is 84.2 Å². The number of methoxy groups -OCH3 is 2. The Labute approximate surface area is 195 Å². The van der Waals surface area contributed by atoms with Gasteiger partial charge in [0.1, 0.15) is 12.4 Å². The van der Waals surface area contributed by atoms with Crippen LogP contribution in [0.15, 0.2) is 18.2 Å². The molecule has 4 rings (SSSR count). The number of carbonyl (C=O) groups is 2. The van der Waals surface area contributed by atoms with Crippen LogP contribution in [0, 0.1) is 0 Å². The van der Waals surface area contributed by atoms with Crippen LogP contribution in [0.3, 0.4) is 0 Å². The number of aryl methyl sites for hydroxylation is 1. The minimum atomic E-state index is -0.448. The second-order valence-electron chi connectivity index (χ2n) is 9.27. The van der Waals surface area contributed by atoms with Crippen molar-refractivity contribution in [1.29, 1.82) is 0 Å². The molecule has 2 aromatic rings. The Kier molecular flexibility index (Phi) is 6.68. The number of likely N-dealkylation sites (tertiary alicyclic amines) is 1. The molecule has 1 aromatic heterocycles. The minimum Gasteiger partial charge on any atom is -0.497 e. The molecular formula is C25H35N3O5. The molecule has 1 N–H and O–H groups in total. The number of benzene rings is 1. The van der Waals surface area contributed by atoms with E-state index >= 15 is 0 Å². The van der Waals surface area contributed by atoms with Crippen LogP contribution in [0.2, 0.25) is 0 Å². The number of aliphatic hydroxyl groups is 1. The maximum absolute atomic E-state index is 13.1. The van der Waals surface area contributed by atoms with Crippen LogP contribution in [0.25, 0.3) is 10.9 Å². The highest BCUT2D eigenvalue weighted by Crippen LogP contribution is 2.50. The molecule has 1 spiro atoms. The fourth-order valence-corrected chi connectivity index (χ4v) is 5.79. The zero-order chi connectivity index (χ0) is 23.8. The van der Waals surface area contributed by atoms with Crippen molar-refractivity contribution in [2.24, 2.45) is 7.05 Å². The van der Waals surface area contributed by atoms with Crippen molar-refractivity contribution in [3.05, 3.63) is 29.5 Å². The molecule has 8 heteroatoms. The van der Waals surface area contributed by atoms with Gasteiger partial charge < -0.3 is 28.9 Å². The van der Waals surface area contributed by atoms with Crippen molar-refractivity contribution in [3.63, 3.8) is 0 Å². The highest BCUT2D eigenvalue weighted by atomic mass is 16.5. The first-order valence-electron chi connectivity index (χ1n) is 11.7. The van der Waals surface area contributed by atoms with Crippen LogP contribution in [0.5, 0.6) is 5.75 Å². The first kappa shape index (κ1) is 23.6. The summed E-state index contributed by atoms with van der Waals surface area (Å²) in [6, 6.07) is 5.62. The smallest absolute Gasteiger partial charge is 0.249 e. The SMILES string of the molecule is CCCC(=O)N1CCC2(CC1)CN(C(=O)COC)[C@H](CO)c1c2c2ccc(OC)cc2n1C. The number of nitrogens with zero attached hydrogens (tertiary/aromatic N) is 3. The minimum absolute atomic E-state index is 0.0270. The Morgan fingerprint density at radius 3 is 2.52 bits per heavy atom. The Balaban J connectivity index is 1.85. The van der Waals surface area contributed by atoms with Gasteiger partial charge in [-0.1, -0.05) is 6.92 Å². The molecule has 1 atom stereocenters. The standard InChI is InChI=1S/C25H35N3O5/c1-5-6-21(30)27-11-9-25(10-12-27)16-28(22(31)15-32-3)20(14-29)24-23(25)18-8-7-17(33-4)13-19(18)26(24)2/h7-8,13,20,29H,5-6,9-12,14-16H2,1-4H3/t20-/m1/s1. The number of amides is 2. The Morgan fingerprint density at radius 1 is 1.18 bits per heavy atom. The van der Waals surface area contributed by atoms with Gasteiger partial charge in [0.15, 0.2) is 0 Å². The average Bonchev–Trinajstić information content (AvgIpc) is 3.12. The summed E-state index contributed by atoms with van der Waals surface area (Å²) in [7, 11) is 5.15. The summed E-state index contributed by atoms with van der Waals surface area (Å²) in [6.45, 7) is 3.67. The van der Waals surface area contributed by atoms with Crippen LogP contribution < -0.4 is 4.74 Å². The predicted octanol–water partition coefficient (Wildman–Crippen LogP) is 2.37. The van der Waals surface area contributed by atoms with E-state index in [1.54, 1.807) is 12.0 Å². The molecule has 180 valence electrons. The van der Waals surface area contributed by atoms with E-state index in [1.807, 2.05) is 31.0 Å². The molecule has 0 bridgehead atoms. The van der Waals surface area contributed by atoms with E-state index in [0.29, 0.717) is 26.1 Å². The van der Waals surface area contributed by atoms with Gasteiger partial charge in [-0.25, -0.2) is 0 Å². The Bertz CT molecular complexity index is 1040. The number of hydrogen-bond donors (Lipinski definition) is 1. The van der Waals surface area contributed by atoms with E-state index in [0.717, 1.165) is 41.6 Å². The first-order chi connectivity index (χ1) is 15.9. The lowest BCUT2D eigenvalue weighted by Crippen LogP contribution is -2.56. The Morgan fingerprint density at radius 2 is 1.91 bits per heavy atom. The van der Waals surface area contributed by atoms with Gasteiger partial charge in [-0.15, -0.1) is 0 Å². The van der Waals surface area contributed by atoms with E-state index in [2.05, 4.69) is 10.6 Å². The van der Waals surface area contributed by atoms with Crippen LogP contribution in [0.4, 0.5) is 0 Å². The summed E-state index contributed by atoms with van der Waals surface area (Å²) in [5, 5.41) is 11.5. The third-order valence-electron chi connectivity index (χ3n) is 7.45. The quantitative estimate of drug-likeness (QED) is 0.720. The van der Waals surface area contributed by atoms with E-state index in [-0.39, 0.29) is 30.4 Å². The Hall–Kier alpha value is -2.58. The van der Waals surface area contributed by atoms with Gasteiger partial charge in [0.05, 0.1) is 25.3 Å². The number of rotatable bonds is 6. The number of aliphatic hydroxyl groups excluding tert-OH is 1. The van der Waals surface area contributed by atoms with Gasteiger partial charge in [-0.2, -0.15) is 0 Å². The van der Waals surface area contributed by atoms with E-state index in [1.165, 1.54) is 12.7 Å². The van der Waals surface area contributed by atoms with Gasteiger partial charge in [-0.05, 0) is 37.0 Å². The fourth-order valence-electron chi connectivity index (χ4n) is 5.79. The number of carbonyl (C=O) groups excluding carboxylic acids is 2. The summed E-state index contributed by atoms with van der Waals surface area (Å²) in [4.78, 5) is 29.4. The second kappa shape index (κ2) is 9.35. The number of hydrogen-bond acceptors (Lipinski definition) is 5. The van der Waals surface area contributed by atoms with Gasteiger partial charge in [0.2, 0.25) is 11.8 Å². The summed E-state index contributed by atoms with van der Waals surface area (Å²) in [6.07, 6.45) is 2.95. The molecule has 0 saturated carbocycles. The molecule has 3 heterocycles. The third kappa shape index (κ3) is 3.89. The summed E-state index contributed by atoms with van der Waals surface area (Å²) >= 11 is 0. The van der Waals surface area contributed by atoms with Crippen LogP contribution >= 0.6 is 0 Å². The number of ether oxygens (including phenoxy) is 2. The van der Waals surface area contributed by atoms with Gasteiger partial charge in [0, 0.05) is 62.8 Å². The number of aromatic nitrogens is 1. The molecule has 33 heavy (non-hydrogen) atoms. The zero-order valence-corrected chi connectivity index (χ0v) is 20.1. The van der Waals surface area contributed by atoms with Crippen molar-refractivity contribution in [1.82, 2.24) is 14.4 Å². The zero-order valence-electron chi connectivity index (χ0n) is 20.1. The maximum Gasteiger partial charge on any atom is 0.249 e. The molecule has 2 aliphatic rings. The monoisotopic (exact) mass is 457 g/mol. The van der Waals surface area contributed by atoms with E-state index < -0.39 is 6.04 Å². The lowest BCUT2D eigenvalue weighted by atomic mass is 9.68. The second-order valence-corrected chi connectivity index (χ2v) is 9.27. The lowest BCUT2D eigenvalue weighted by Gasteiger charge is -2.50. The maximum atomic E-state index is 13.1. The molecule has 0 aliphatic carbocycles. The molecule has 1 fully saturated rings. The molecule has 1 saturated heterocycles. The first-order valence-corrected chi connectivity index (χ1v) is 11.7. The van der Waals surface area contributed by atoms with E-state index in [4.69, 9.17) is 9.47 Å². The summed E-state index contributed by atoms with van der Waals surface area (Å²) in [5.74, 6) is 0.836. The molecule has 0 radical (unpaired) electrons. The molecule has 1 aromatic carbocycles. The fraction of sp³-hybridized carbons (Fsp3) is 0.600. The van der Waals surface area contributed by atoms with Gasteiger partial charge in [-0.3, -0.25) is 9.59 Å². The normalized spacial score (nSPS) is 19.7. The van der Waals surface area contributed by atoms with Crippen LogP contribution in [0.1, 0.15) is 49.9 Å². The van der Waals surface area contributed by atoms with Crippen LogP contribution in [-0.4, -0.2) is 78.4 Å². The number of piperidine rings is 1. The van der Waals surface area contributed by atoms with E-state index in [9.17, 15) is 14.7 Å². The lowest BCUT2D eigenvalue weighted by molar-refractivity contribution is -0.142.